The first kappa shape index (κ1) is 16.7. The molecule has 1 aliphatic heterocycles. The van der Waals surface area contributed by atoms with Crippen LogP contribution in [0.2, 0.25) is 0 Å². The van der Waals surface area contributed by atoms with Gasteiger partial charge in [-0.05, 0) is 51.6 Å². The fourth-order valence-corrected chi connectivity index (χ4v) is 2.17. The Kier molecular flexibility index (Phi) is 4.61. The highest BCUT2D eigenvalue weighted by Gasteiger charge is 2.39. The summed E-state index contributed by atoms with van der Waals surface area (Å²) in [7, 11) is 1.19. The number of rotatable bonds is 4. The molecule has 1 radical (unpaired) electrons. The summed E-state index contributed by atoms with van der Waals surface area (Å²) in [5.41, 5.74) is -1.21. The molecule has 0 aromatic rings. The van der Waals surface area contributed by atoms with Gasteiger partial charge in [0, 0.05) is 6.61 Å². The van der Waals surface area contributed by atoms with E-state index in [-0.39, 0.29) is 5.47 Å². The van der Waals surface area contributed by atoms with Crippen LogP contribution in [0.15, 0.2) is 22.9 Å². The van der Waals surface area contributed by atoms with Gasteiger partial charge >= 0.3 is 7.48 Å². The summed E-state index contributed by atoms with van der Waals surface area (Å²) in [6.07, 6.45) is 0.504. The van der Waals surface area contributed by atoms with Crippen molar-refractivity contribution in [3.8, 4) is 0 Å². The molecule has 1 heterocycles. The van der Waals surface area contributed by atoms with Gasteiger partial charge in [-0.2, -0.15) is 0 Å². The second kappa shape index (κ2) is 5.82. The molecule has 0 aromatic heterocycles. The molecule has 2 unspecified atom stereocenters. The fraction of sp³-hybridized carbons (Fsp3) is 0.733. The molecule has 0 amide bonds. The Labute approximate surface area is 125 Å². The number of aliphatic hydroxyl groups is 1. The van der Waals surface area contributed by atoms with Gasteiger partial charge in [0.15, 0.2) is 6.17 Å². The average Bonchev–Trinajstić information content (AvgIpc) is 2.40. The molecular formula is C15H22BF2O3. The third-order valence-corrected chi connectivity index (χ3v) is 4.35. The molecule has 0 spiro atoms. The Balaban J connectivity index is 2.13. The second-order valence-electron chi connectivity index (χ2n) is 6.62. The van der Waals surface area contributed by atoms with Crippen molar-refractivity contribution in [2.45, 2.75) is 64.0 Å². The Hall–Kier alpha value is -0.715. The van der Waals surface area contributed by atoms with E-state index in [2.05, 4.69) is 0 Å². The van der Waals surface area contributed by atoms with Crippen molar-refractivity contribution in [3.63, 3.8) is 0 Å². The molecule has 0 saturated carbocycles. The number of ether oxygens (including phenoxy) is 1. The molecule has 117 valence electrons. The SMILES string of the molecule is CC(C)(O)C(C)(C)O[B]C1=C(F)C(F)C2OCCCC2=C1. The lowest BCUT2D eigenvalue weighted by Gasteiger charge is -2.38. The first-order valence-electron chi connectivity index (χ1n) is 7.23. The van der Waals surface area contributed by atoms with Crippen LogP contribution in [0.25, 0.3) is 0 Å². The Morgan fingerprint density at radius 3 is 2.67 bits per heavy atom. The predicted molar refractivity (Wildman–Crippen MR) is 77.3 cm³/mol. The summed E-state index contributed by atoms with van der Waals surface area (Å²) in [5.74, 6) is -0.878. The van der Waals surface area contributed by atoms with Crippen molar-refractivity contribution in [1.82, 2.24) is 0 Å². The minimum absolute atomic E-state index is 0.0802. The molecule has 3 nitrogen and oxygen atoms in total. The van der Waals surface area contributed by atoms with Crippen molar-refractivity contribution >= 4 is 7.48 Å². The van der Waals surface area contributed by atoms with Crippen molar-refractivity contribution in [2.75, 3.05) is 6.61 Å². The molecule has 6 heteroatoms. The molecule has 1 aliphatic carbocycles. The van der Waals surface area contributed by atoms with E-state index in [1.165, 1.54) is 7.48 Å². The van der Waals surface area contributed by atoms with E-state index < -0.39 is 29.3 Å². The predicted octanol–water partition coefficient (Wildman–Crippen LogP) is 2.81. The standard InChI is InChI=1S/C15H22BF2O3/c1-14(2,19)15(3,4)21-16-10-8-9-6-5-7-20-13(9)12(18)11(10)17/h8,12-13,19H,5-7H2,1-4H3. The van der Waals surface area contributed by atoms with Crippen molar-refractivity contribution in [1.29, 1.82) is 0 Å². The summed E-state index contributed by atoms with van der Waals surface area (Å²) >= 11 is 0. The third-order valence-electron chi connectivity index (χ3n) is 4.35. The monoisotopic (exact) mass is 299 g/mol. The Morgan fingerprint density at radius 1 is 1.38 bits per heavy atom. The molecule has 1 N–H and O–H groups in total. The van der Waals surface area contributed by atoms with Gasteiger partial charge in [0.05, 0.1) is 11.2 Å². The summed E-state index contributed by atoms with van der Waals surface area (Å²) in [5, 5.41) is 10.0. The highest BCUT2D eigenvalue weighted by molar-refractivity contribution is 6.39. The molecule has 0 aromatic carbocycles. The topological polar surface area (TPSA) is 38.7 Å². The van der Waals surface area contributed by atoms with E-state index in [0.717, 1.165) is 12.0 Å². The molecular weight excluding hydrogens is 277 g/mol. The Bertz CT molecular complexity index is 466. The van der Waals surface area contributed by atoms with E-state index >= 15 is 0 Å². The number of halogens is 2. The number of fused-ring (bicyclic) bond motifs is 1. The van der Waals surface area contributed by atoms with Gasteiger partial charge in [0.1, 0.15) is 11.9 Å². The van der Waals surface area contributed by atoms with Gasteiger partial charge in [-0.25, -0.2) is 8.78 Å². The lowest BCUT2D eigenvalue weighted by atomic mass is 9.76. The maximum Gasteiger partial charge on any atom is 0.333 e. The lowest BCUT2D eigenvalue weighted by molar-refractivity contribution is -0.0897. The molecule has 2 rings (SSSR count). The van der Waals surface area contributed by atoms with Crippen LogP contribution in [0.4, 0.5) is 8.78 Å². The highest BCUT2D eigenvalue weighted by Crippen LogP contribution is 2.35. The lowest BCUT2D eigenvalue weighted by Crippen LogP contribution is -2.48. The van der Waals surface area contributed by atoms with Gasteiger partial charge in [-0.3, -0.25) is 0 Å². The van der Waals surface area contributed by atoms with Crippen LogP contribution in [-0.4, -0.2) is 42.7 Å². The molecule has 2 atom stereocenters. The number of alkyl halides is 1. The number of allylic oxidation sites excluding steroid dienone is 2. The first-order valence-corrected chi connectivity index (χ1v) is 7.23. The summed E-state index contributed by atoms with van der Waals surface area (Å²) in [6, 6.07) is 0. The molecule has 1 fully saturated rings. The summed E-state index contributed by atoms with van der Waals surface area (Å²) in [6.45, 7) is 7.05. The average molecular weight is 299 g/mol. The van der Waals surface area contributed by atoms with Crippen LogP contribution in [0, 0.1) is 0 Å². The minimum Gasteiger partial charge on any atom is -0.427 e. The normalized spacial score (nSPS) is 27.3. The van der Waals surface area contributed by atoms with Crippen molar-refractivity contribution in [3.05, 3.63) is 22.9 Å². The van der Waals surface area contributed by atoms with E-state index in [1.807, 2.05) is 0 Å². The third kappa shape index (κ3) is 3.38. The smallest absolute Gasteiger partial charge is 0.333 e. The summed E-state index contributed by atoms with van der Waals surface area (Å²) < 4.78 is 39.0. The van der Waals surface area contributed by atoms with Gasteiger partial charge in [0.2, 0.25) is 0 Å². The number of hydrogen-bond donors (Lipinski definition) is 1. The Morgan fingerprint density at radius 2 is 2.05 bits per heavy atom. The van der Waals surface area contributed by atoms with Crippen LogP contribution in [0.3, 0.4) is 0 Å². The minimum atomic E-state index is -1.79. The maximum absolute atomic E-state index is 14.1. The van der Waals surface area contributed by atoms with Gasteiger partial charge in [-0.15, -0.1) is 0 Å². The van der Waals surface area contributed by atoms with E-state index in [0.29, 0.717) is 13.0 Å². The van der Waals surface area contributed by atoms with Crippen molar-refractivity contribution in [2.24, 2.45) is 0 Å². The van der Waals surface area contributed by atoms with Gasteiger partial charge < -0.3 is 14.5 Å². The van der Waals surface area contributed by atoms with Crippen molar-refractivity contribution < 1.29 is 23.3 Å². The summed E-state index contributed by atoms with van der Waals surface area (Å²) in [4.78, 5) is 0. The fourth-order valence-electron chi connectivity index (χ4n) is 2.17. The van der Waals surface area contributed by atoms with Crippen LogP contribution < -0.4 is 0 Å². The zero-order valence-electron chi connectivity index (χ0n) is 13.0. The van der Waals surface area contributed by atoms with Crippen LogP contribution >= 0.6 is 0 Å². The zero-order chi connectivity index (χ0) is 15.8. The molecule has 2 aliphatic rings. The van der Waals surface area contributed by atoms with Gasteiger partial charge in [-0.1, -0.05) is 6.08 Å². The zero-order valence-corrected chi connectivity index (χ0v) is 13.0. The molecule has 0 bridgehead atoms. The van der Waals surface area contributed by atoms with Crippen LogP contribution in [-0.2, 0) is 9.39 Å². The molecule has 1 saturated heterocycles. The van der Waals surface area contributed by atoms with E-state index in [1.54, 1.807) is 33.8 Å². The molecule has 21 heavy (non-hydrogen) atoms. The largest absolute Gasteiger partial charge is 0.427 e. The van der Waals surface area contributed by atoms with Crippen LogP contribution in [0.1, 0.15) is 40.5 Å². The van der Waals surface area contributed by atoms with Crippen LogP contribution in [0.5, 0.6) is 0 Å². The highest BCUT2D eigenvalue weighted by atomic mass is 19.2. The van der Waals surface area contributed by atoms with Gasteiger partial charge in [0.25, 0.3) is 0 Å². The van der Waals surface area contributed by atoms with E-state index in [9.17, 15) is 13.9 Å². The van der Waals surface area contributed by atoms with E-state index in [4.69, 9.17) is 9.39 Å². The quantitative estimate of drug-likeness (QED) is 0.811. The maximum atomic E-state index is 14.1. The first-order chi connectivity index (χ1) is 9.63. The number of hydrogen-bond acceptors (Lipinski definition) is 3. The second-order valence-corrected chi connectivity index (χ2v) is 6.62.